The minimum atomic E-state index is -1.26. The summed E-state index contributed by atoms with van der Waals surface area (Å²) in [6.07, 6.45) is -1.49. The number of nitro groups is 2. The number of esters is 1. The van der Waals surface area contributed by atoms with Gasteiger partial charge in [0.05, 0.1) is 9.85 Å². The van der Waals surface area contributed by atoms with E-state index in [1.54, 1.807) is 41.5 Å². The van der Waals surface area contributed by atoms with Crippen molar-refractivity contribution in [1.29, 1.82) is 0 Å². The lowest BCUT2D eigenvalue weighted by Gasteiger charge is -2.26. The number of ether oxygens (including phenoxy) is 2. The normalized spacial score (nSPS) is 14.0. The number of aromatic hydroxyl groups is 1. The topological polar surface area (TPSA) is 191 Å². The lowest BCUT2D eigenvalue weighted by atomic mass is 10.1. The maximum absolute atomic E-state index is 13.0. The Bertz CT molecular complexity index is 1090. The number of carbonyl (C=O) groups excluding carboxylic acids is 3. The van der Waals surface area contributed by atoms with Gasteiger partial charge in [0.1, 0.15) is 29.0 Å². The average molecular weight is 511 g/mol. The molecule has 1 aliphatic rings. The first-order valence-electron chi connectivity index (χ1n) is 11.1. The van der Waals surface area contributed by atoms with Crippen molar-refractivity contribution >= 4 is 35.0 Å². The molecule has 2 rings (SSSR count). The summed E-state index contributed by atoms with van der Waals surface area (Å²) in [6.45, 7) is 9.73. The van der Waals surface area contributed by atoms with Gasteiger partial charge >= 0.3 is 17.7 Å². The van der Waals surface area contributed by atoms with E-state index in [9.17, 15) is 39.7 Å². The van der Waals surface area contributed by atoms with E-state index in [1.807, 2.05) is 0 Å². The van der Waals surface area contributed by atoms with Crippen LogP contribution < -0.4 is 10.2 Å². The SMILES string of the molecule is CC(C)(C)OC(=O)N[C@@H](CCC(=O)N1CCc2c(O)c([N+](=O)[O-])cc([N+](=O)[O-])c21)C(=O)OC(C)(C)C. The molecule has 36 heavy (non-hydrogen) atoms. The standard InChI is InChI=1S/C22H30N4O10/c1-21(2,3)35-19(29)13(23-20(30)36-22(4,5)6)7-8-16(27)24-10-9-12-17(24)14(25(31)32)11-15(18(12)28)26(33)34/h11,13,28H,7-10H2,1-6H3,(H,23,30)/t13-/m0/s1. The molecule has 198 valence electrons. The molecule has 0 saturated carbocycles. The first-order valence-corrected chi connectivity index (χ1v) is 11.1. The Morgan fingerprint density at radius 1 is 1.06 bits per heavy atom. The number of anilines is 1. The Balaban J connectivity index is 2.28. The Hall–Kier alpha value is -3.97. The van der Waals surface area contributed by atoms with Gasteiger partial charge in [-0.05, 0) is 54.4 Å². The number of fused-ring (bicyclic) bond motifs is 1. The van der Waals surface area contributed by atoms with Crippen molar-refractivity contribution in [2.45, 2.75) is 78.0 Å². The van der Waals surface area contributed by atoms with Crippen LogP contribution >= 0.6 is 0 Å². The Morgan fingerprint density at radius 3 is 2.11 bits per heavy atom. The fraction of sp³-hybridized carbons (Fsp3) is 0.591. The fourth-order valence-corrected chi connectivity index (χ4v) is 3.56. The lowest BCUT2D eigenvalue weighted by Crippen LogP contribution is -2.46. The first-order chi connectivity index (χ1) is 16.4. The molecule has 1 aromatic carbocycles. The molecular formula is C22H30N4O10. The van der Waals surface area contributed by atoms with Crippen LogP contribution in [-0.2, 0) is 25.5 Å². The van der Waals surface area contributed by atoms with E-state index >= 15 is 0 Å². The quantitative estimate of drug-likeness (QED) is 0.313. The van der Waals surface area contributed by atoms with E-state index in [-0.39, 0.29) is 37.1 Å². The number of nitrogens with one attached hydrogen (secondary N) is 1. The molecule has 2 N–H and O–H groups in total. The number of phenolic OH excluding ortho intramolecular Hbond substituents is 1. The number of rotatable bonds is 7. The van der Waals surface area contributed by atoms with Crippen molar-refractivity contribution in [2.75, 3.05) is 11.4 Å². The van der Waals surface area contributed by atoms with Gasteiger partial charge in [0.15, 0.2) is 5.75 Å². The second-order valence-corrected chi connectivity index (χ2v) is 10.2. The van der Waals surface area contributed by atoms with Crippen molar-refractivity contribution in [2.24, 2.45) is 0 Å². The molecular weight excluding hydrogens is 480 g/mol. The van der Waals surface area contributed by atoms with Gasteiger partial charge in [-0.1, -0.05) is 0 Å². The third-order valence-electron chi connectivity index (χ3n) is 4.91. The van der Waals surface area contributed by atoms with Crippen molar-refractivity contribution in [3.63, 3.8) is 0 Å². The summed E-state index contributed by atoms with van der Waals surface area (Å²) in [7, 11) is 0. The van der Waals surface area contributed by atoms with Crippen molar-refractivity contribution in [1.82, 2.24) is 5.32 Å². The molecule has 0 spiro atoms. The third kappa shape index (κ3) is 7.02. The van der Waals surface area contributed by atoms with Gasteiger partial charge in [0.25, 0.3) is 5.69 Å². The molecule has 1 aromatic rings. The van der Waals surface area contributed by atoms with E-state index in [1.165, 1.54) is 0 Å². The van der Waals surface area contributed by atoms with Gasteiger partial charge < -0.3 is 24.8 Å². The zero-order chi connectivity index (χ0) is 27.6. The van der Waals surface area contributed by atoms with E-state index < -0.39 is 62.2 Å². The Morgan fingerprint density at radius 2 is 1.61 bits per heavy atom. The highest BCUT2D eigenvalue weighted by atomic mass is 16.6. The lowest BCUT2D eigenvalue weighted by molar-refractivity contribution is -0.394. The van der Waals surface area contributed by atoms with Crippen LogP contribution in [0.5, 0.6) is 5.75 Å². The number of benzene rings is 1. The van der Waals surface area contributed by atoms with E-state index in [0.717, 1.165) is 4.90 Å². The molecule has 14 heteroatoms. The number of hydrogen-bond donors (Lipinski definition) is 2. The summed E-state index contributed by atoms with van der Waals surface area (Å²) in [5.41, 5.74) is -3.57. The summed E-state index contributed by atoms with van der Waals surface area (Å²) in [6, 6.07) is -0.654. The summed E-state index contributed by atoms with van der Waals surface area (Å²) in [5.74, 6) is -2.19. The van der Waals surface area contributed by atoms with Gasteiger partial charge in [0.2, 0.25) is 5.91 Å². The highest BCUT2D eigenvalue weighted by molar-refractivity contribution is 5.99. The molecule has 0 unspecified atom stereocenters. The molecule has 1 heterocycles. The number of carbonyl (C=O) groups is 3. The maximum atomic E-state index is 13.0. The zero-order valence-corrected chi connectivity index (χ0v) is 20.9. The summed E-state index contributed by atoms with van der Waals surface area (Å²) >= 11 is 0. The highest BCUT2D eigenvalue weighted by Crippen LogP contribution is 2.47. The largest absolute Gasteiger partial charge is 0.502 e. The number of alkyl carbamates (subject to hydrolysis) is 1. The average Bonchev–Trinajstić information content (AvgIpc) is 3.13. The highest BCUT2D eigenvalue weighted by Gasteiger charge is 2.39. The molecule has 0 aliphatic carbocycles. The van der Waals surface area contributed by atoms with Crippen LogP contribution in [0.3, 0.4) is 0 Å². The minimum absolute atomic E-state index is 0.0406. The van der Waals surface area contributed by atoms with Crippen LogP contribution in [0.2, 0.25) is 0 Å². The third-order valence-corrected chi connectivity index (χ3v) is 4.91. The molecule has 0 radical (unpaired) electrons. The Kier molecular flexibility index (Phi) is 8.12. The van der Waals surface area contributed by atoms with Crippen LogP contribution in [-0.4, -0.2) is 56.7 Å². The zero-order valence-electron chi connectivity index (χ0n) is 20.9. The first kappa shape index (κ1) is 28.3. The van der Waals surface area contributed by atoms with E-state index in [0.29, 0.717) is 6.07 Å². The van der Waals surface area contributed by atoms with Crippen LogP contribution in [0.1, 0.15) is 59.9 Å². The van der Waals surface area contributed by atoms with Crippen molar-refractivity contribution in [3.8, 4) is 5.75 Å². The number of hydrogen-bond acceptors (Lipinski definition) is 10. The van der Waals surface area contributed by atoms with Gasteiger partial charge in [-0.25, -0.2) is 9.59 Å². The second kappa shape index (κ2) is 10.3. The van der Waals surface area contributed by atoms with Crippen LogP contribution in [0.25, 0.3) is 0 Å². The van der Waals surface area contributed by atoms with Gasteiger partial charge in [0, 0.05) is 18.5 Å². The molecule has 0 aromatic heterocycles. The van der Waals surface area contributed by atoms with Crippen LogP contribution in [0, 0.1) is 20.2 Å². The molecule has 14 nitrogen and oxygen atoms in total. The number of nitrogens with zero attached hydrogens (tertiary/aromatic N) is 3. The Labute approximate surface area is 206 Å². The fourth-order valence-electron chi connectivity index (χ4n) is 3.56. The van der Waals surface area contributed by atoms with E-state index in [2.05, 4.69) is 5.32 Å². The monoisotopic (exact) mass is 510 g/mol. The van der Waals surface area contributed by atoms with Crippen LogP contribution in [0.15, 0.2) is 6.07 Å². The number of amides is 2. The maximum Gasteiger partial charge on any atom is 0.408 e. The molecule has 0 saturated heterocycles. The molecule has 0 fully saturated rings. The van der Waals surface area contributed by atoms with Crippen LogP contribution in [0.4, 0.5) is 21.9 Å². The predicted octanol–water partition coefficient (Wildman–Crippen LogP) is 3.11. The smallest absolute Gasteiger partial charge is 0.408 e. The van der Waals surface area contributed by atoms with Gasteiger partial charge in [-0.3, -0.25) is 25.0 Å². The van der Waals surface area contributed by atoms with E-state index in [4.69, 9.17) is 9.47 Å². The summed E-state index contributed by atoms with van der Waals surface area (Å²) in [4.78, 5) is 59.9. The van der Waals surface area contributed by atoms with Crippen molar-refractivity contribution in [3.05, 3.63) is 31.9 Å². The van der Waals surface area contributed by atoms with Crippen molar-refractivity contribution < 1.29 is 38.8 Å². The second-order valence-electron chi connectivity index (χ2n) is 10.2. The molecule has 0 bridgehead atoms. The molecule has 1 aliphatic heterocycles. The summed E-state index contributed by atoms with van der Waals surface area (Å²) < 4.78 is 10.5. The minimum Gasteiger partial charge on any atom is -0.502 e. The predicted molar refractivity (Wildman–Crippen MR) is 126 cm³/mol. The summed E-state index contributed by atoms with van der Waals surface area (Å²) in [5, 5.41) is 35.4. The van der Waals surface area contributed by atoms with Gasteiger partial charge in [-0.2, -0.15) is 0 Å². The molecule has 2 amide bonds. The number of nitro benzene ring substituents is 2. The number of phenols is 1. The van der Waals surface area contributed by atoms with Gasteiger partial charge in [-0.15, -0.1) is 0 Å². The molecule has 1 atom stereocenters.